The van der Waals surface area contributed by atoms with Gasteiger partial charge in [0.1, 0.15) is 11.6 Å². The van der Waals surface area contributed by atoms with Crippen LogP contribution in [0.2, 0.25) is 0 Å². The van der Waals surface area contributed by atoms with Crippen LogP contribution in [0.1, 0.15) is 31.9 Å². The van der Waals surface area contributed by atoms with Gasteiger partial charge in [0.15, 0.2) is 0 Å². The molecule has 0 saturated heterocycles. The van der Waals surface area contributed by atoms with E-state index in [0.717, 1.165) is 5.69 Å². The highest BCUT2D eigenvalue weighted by Gasteiger charge is 2.17. The van der Waals surface area contributed by atoms with Crippen LogP contribution < -0.4 is 10.6 Å². The summed E-state index contributed by atoms with van der Waals surface area (Å²) in [5.74, 6) is 0.908. The molecule has 0 saturated carbocycles. The van der Waals surface area contributed by atoms with Crippen LogP contribution in [-0.4, -0.2) is 9.97 Å². The second-order valence-electron chi connectivity index (χ2n) is 7.13. The molecule has 0 radical (unpaired) electrons. The lowest BCUT2D eigenvalue weighted by atomic mass is 9.86. The van der Waals surface area contributed by atoms with Crippen LogP contribution >= 0.6 is 0 Å². The molecule has 0 atom stereocenters. The molecular weight excluding hydrogens is 327 g/mol. The Morgan fingerprint density at radius 1 is 0.962 bits per heavy atom. The van der Waals surface area contributed by atoms with Crippen molar-refractivity contribution in [2.24, 2.45) is 0 Å². The summed E-state index contributed by atoms with van der Waals surface area (Å²) >= 11 is 0. The number of para-hydroxylation sites is 1. The molecule has 0 spiro atoms. The molecule has 134 valence electrons. The molecule has 3 aromatic rings. The van der Waals surface area contributed by atoms with Gasteiger partial charge >= 0.3 is 0 Å². The summed E-state index contributed by atoms with van der Waals surface area (Å²) in [6, 6.07) is 16.6. The first kappa shape index (κ1) is 17.9. The largest absolute Gasteiger partial charge is 0.366 e. The standard InChI is InChI=1S/C21H23FN4/c1-21(2,3)16-9-5-7-11-18(16)25-20-23-13-12-19(26-20)24-14-15-8-4-6-10-17(15)22/h4-13H,14H2,1-3H3,(H2,23,24,25,26). The second-order valence-corrected chi connectivity index (χ2v) is 7.13. The maximum Gasteiger partial charge on any atom is 0.229 e. The van der Waals surface area contributed by atoms with Crippen molar-refractivity contribution in [1.29, 1.82) is 0 Å². The van der Waals surface area contributed by atoms with Gasteiger partial charge in [0.2, 0.25) is 5.95 Å². The van der Waals surface area contributed by atoms with E-state index in [1.54, 1.807) is 24.4 Å². The van der Waals surface area contributed by atoms with Gasteiger partial charge in [-0.15, -0.1) is 0 Å². The molecular formula is C21H23FN4. The van der Waals surface area contributed by atoms with Crippen molar-refractivity contribution < 1.29 is 4.39 Å². The number of anilines is 3. The lowest BCUT2D eigenvalue weighted by molar-refractivity contribution is 0.592. The lowest BCUT2D eigenvalue weighted by Crippen LogP contribution is -2.14. The molecule has 2 N–H and O–H groups in total. The van der Waals surface area contributed by atoms with Gasteiger partial charge in [-0.2, -0.15) is 4.98 Å². The molecule has 0 unspecified atom stereocenters. The topological polar surface area (TPSA) is 49.8 Å². The van der Waals surface area contributed by atoms with E-state index in [1.807, 2.05) is 24.3 Å². The fourth-order valence-corrected chi connectivity index (χ4v) is 2.71. The Hall–Kier alpha value is -2.95. The normalized spacial score (nSPS) is 11.2. The lowest BCUT2D eigenvalue weighted by Gasteiger charge is -2.23. The zero-order chi connectivity index (χ0) is 18.6. The van der Waals surface area contributed by atoms with E-state index in [1.165, 1.54) is 11.6 Å². The smallest absolute Gasteiger partial charge is 0.229 e. The third-order valence-electron chi connectivity index (χ3n) is 4.05. The minimum absolute atomic E-state index is 0.00426. The molecule has 1 heterocycles. The van der Waals surface area contributed by atoms with Crippen molar-refractivity contribution >= 4 is 17.5 Å². The van der Waals surface area contributed by atoms with Crippen molar-refractivity contribution in [3.63, 3.8) is 0 Å². The molecule has 0 amide bonds. The molecule has 3 rings (SSSR count). The van der Waals surface area contributed by atoms with Crippen LogP contribution in [0.5, 0.6) is 0 Å². The zero-order valence-corrected chi connectivity index (χ0v) is 15.3. The number of benzene rings is 2. The van der Waals surface area contributed by atoms with Gasteiger partial charge in [0.05, 0.1) is 0 Å². The van der Waals surface area contributed by atoms with Crippen LogP contribution in [0, 0.1) is 5.82 Å². The van der Waals surface area contributed by atoms with Crippen LogP contribution in [0.15, 0.2) is 60.8 Å². The van der Waals surface area contributed by atoms with Crippen molar-refractivity contribution in [2.75, 3.05) is 10.6 Å². The minimum Gasteiger partial charge on any atom is -0.366 e. The molecule has 0 bridgehead atoms. The van der Waals surface area contributed by atoms with Gasteiger partial charge in [-0.25, -0.2) is 9.37 Å². The van der Waals surface area contributed by atoms with E-state index in [4.69, 9.17) is 0 Å². The average Bonchev–Trinajstić information content (AvgIpc) is 2.61. The summed E-state index contributed by atoms with van der Waals surface area (Å²) < 4.78 is 13.7. The summed E-state index contributed by atoms with van der Waals surface area (Å²) in [6.07, 6.45) is 1.68. The maximum absolute atomic E-state index is 13.7. The highest BCUT2D eigenvalue weighted by atomic mass is 19.1. The number of hydrogen-bond acceptors (Lipinski definition) is 4. The Labute approximate surface area is 153 Å². The van der Waals surface area contributed by atoms with E-state index in [0.29, 0.717) is 23.9 Å². The quantitative estimate of drug-likeness (QED) is 0.658. The van der Waals surface area contributed by atoms with E-state index in [9.17, 15) is 4.39 Å². The zero-order valence-electron chi connectivity index (χ0n) is 15.3. The Morgan fingerprint density at radius 3 is 2.46 bits per heavy atom. The first-order valence-electron chi connectivity index (χ1n) is 8.60. The van der Waals surface area contributed by atoms with Crippen LogP contribution in [0.3, 0.4) is 0 Å². The molecule has 4 nitrogen and oxygen atoms in total. The number of nitrogens with zero attached hydrogens (tertiary/aromatic N) is 2. The van der Waals surface area contributed by atoms with Crippen LogP contribution in [0.4, 0.5) is 21.8 Å². The monoisotopic (exact) mass is 350 g/mol. The molecule has 0 fully saturated rings. The predicted octanol–water partition coefficient (Wildman–Crippen LogP) is 5.27. The number of aromatic nitrogens is 2. The Balaban J connectivity index is 1.75. The fraction of sp³-hybridized carbons (Fsp3) is 0.238. The van der Waals surface area contributed by atoms with Gasteiger partial charge in [0.25, 0.3) is 0 Å². The predicted molar refractivity (Wildman–Crippen MR) is 104 cm³/mol. The van der Waals surface area contributed by atoms with Crippen molar-refractivity contribution in [1.82, 2.24) is 9.97 Å². The van der Waals surface area contributed by atoms with Gasteiger partial charge in [-0.1, -0.05) is 57.2 Å². The number of nitrogens with one attached hydrogen (secondary N) is 2. The molecule has 2 aromatic carbocycles. The minimum atomic E-state index is -0.230. The maximum atomic E-state index is 13.7. The third-order valence-corrected chi connectivity index (χ3v) is 4.05. The third kappa shape index (κ3) is 4.36. The SMILES string of the molecule is CC(C)(C)c1ccccc1Nc1nccc(NCc2ccccc2F)n1. The number of hydrogen-bond donors (Lipinski definition) is 2. The summed E-state index contributed by atoms with van der Waals surface area (Å²) in [4.78, 5) is 8.77. The summed E-state index contributed by atoms with van der Waals surface area (Å²) in [7, 11) is 0. The van der Waals surface area contributed by atoms with Crippen LogP contribution in [0.25, 0.3) is 0 Å². The summed E-state index contributed by atoms with van der Waals surface area (Å²) in [5.41, 5.74) is 2.77. The molecule has 1 aromatic heterocycles. The van der Waals surface area contributed by atoms with Crippen LogP contribution in [-0.2, 0) is 12.0 Å². The first-order chi connectivity index (χ1) is 12.4. The Bertz CT molecular complexity index is 887. The van der Waals surface area contributed by atoms with Crippen molar-refractivity contribution in [3.8, 4) is 0 Å². The Morgan fingerprint density at radius 2 is 1.69 bits per heavy atom. The fourth-order valence-electron chi connectivity index (χ4n) is 2.71. The van der Waals surface area contributed by atoms with Gasteiger partial charge in [-0.3, -0.25) is 0 Å². The number of halogens is 1. The van der Waals surface area contributed by atoms with E-state index in [2.05, 4.69) is 47.4 Å². The van der Waals surface area contributed by atoms with Gasteiger partial charge in [0, 0.05) is 24.0 Å². The van der Waals surface area contributed by atoms with E-state index in [-0.39, 0.29) is 11.2 Å². The second kappa shape index (κ2) is 7.52. The van der Waals surface area contributed by atoms with Crippen molar-refractivity contribution in [2.45, 2.75) is 32.7 Å². The summed E-state index contributed by atoms with van der Waals surface area (Å²) in [5, 5.41) is 6.43. The molecule has 0 aliphatic rings. The molecule has 0 aliphatic heterocycles. The number of rotatable bonds is 5. The Kier molecular flexibility index (Phi) is 5.16. The molecule has 26 heavy (non-hydrogen) atoms. The highest BCUT2D eigenvalue weighted by Crippen LogP contribution is 2.30. The first-order valence-corrected chi connectivity index (χ1v) is 8.60. The average molecular weight is 350 g/mol. The van der Waals surface area contributed by atoms with Gasteiger partial charge in [-0.05, 0) is 29.2 Å². The summed E-state index contributed by atoms with van der Waals surface area (Å²) in [6.45, 7) is 6.87. The van der Waals surface area contributed by atoms with Gasteiger partial charge < -0.3 is 10.6 Å². The van der Waals surface area contributed by atoms with E-state index < -0.39 is 0 Å². The van der Waals surface area contributed by atoms with E-state index >= 15 is 0 Å². The van der Waals surface area contributed by atoms with Crippen molar-refractivity contribution in [3.05, 3.63) is 77.7 Å². The molecule has 0 aliphatic carbocycles. The molecule has 5 heteroatoms. The highest BCUT2D eigenvalue weighted by molar-refractivity contribution is 5.61.